The molecular formula is C61H55N. The molecule has 0 aliphatic heterocycles. The van der Waals surface area contributed by atoms with Crippen molar-refractivity contribution in [3.63, 3.8) is 0 Å². The molecule has 0 heterocycles. The summed E-state index contributed by atoms with van der Waals surface area (Å²) in [5, 5.41) is 2.48. The lowest BCUT2D eigenvalue weighted by Gasteiger charge is -2.32. The summed E-state index contributed by atoms with van der Waals surface area (Å²) in [6, 6.07) is 61.1. The third kappa shape index (κ3) is 5.33. The second-order valence-corrected chi connectivity index (χ2v) is 20.3. The Morgan fingerprint density at radius 1 is 0.387 bits per heavy atom. The van der Waals surface area contributed by atoms with Crippen molar-refractivity contribution in [2.45, 2.75) is 95.8 Å². The Labute approximate surface area is 368 Å². The molecule has 12 rings (SSSR count). The van der Waals surface area contributed by atoms with Crippen molar-refractivity contribution >= 4 is 27.8 Å². The number of benzene rings is 8. The molecule has 1 nitrogen and oxygen atoms in total. The lowest BCUT2D eigenvalue weighted by molar-refractivity contribution is 0.443. The van der Waals surface area contributed by atoms with Crippen LogP contribution >= 0.6 is 0 Å². The van der Waals surface area contributed by atoms with Crippen molar-refractivity contribution in [3.05, 3.63) is 197 Å². The SMILES string of the molecule is CC1(C)c2ccccc2-c2cc(N(c3ccc4c(c3)C(C)(C)c3cc(C5CCCCC5)ccc3-4)c3c(-c4ccc5c(c4)C(C)(C)c4ccccc4-5)ccc4ccccc34)ccc21. The van der Waals surface area contributed by atoms with Crippen molar-refractivity contribution in [2.75, 3.05) is 4.90 Å². The van der Waals surface area contributed by atoms with Gasteiger partial charge in [-0.05, 0) is 132 Å². The number of nitrogens with zero attached hydrogens (tertiary/aromatic N) is 1. The highest BCUT2D eigenvalue weighted by Crippen LogP contribution is 2.56. The van der Waals surface area contributed by atoms with Crippen LogP contribution in [-0.2, 0) is 16.2 Å². The van der Waals surface area contributed by atoms with Gasteiger partial charge in [0.25, 0.3) is 0 Å². The molecule has 0 saturated heterocycles. The van der Waals surface area contributed by atoms with Crippen LogP contribution in [-0.4, -0.2) is 0 Å². The highest BCUT2D eigenvalue weighted by molar-refractivity contribution is 6.07. The molecule has 0 atom stereocenters. The average molecular weight is 802 g/mol. The Morgan fingerprint density at radius 3 is 1.66 bits per heavy atom. The van der Waals surface area contributed by atoms with E-state index < -0.39 is 0 Å². The quantitative estimate of drug-likeness (QED) is 0.168. The molecule has 304 valence electrons. The number of anilines is 3. The molecule has 62 heavy (non-hydrogen) atoms. The van der Waals surface area contributed by atoms with E-state index in [1.54, 1.807) is 0 Å². The fraction of sp³-hybridized carbons (Fsp3) is 0.246. The van der Waals surface area contributed by atoms with Gasteiger partial charge in [-0.2, -0.15) is 0 Å². The van der Waals surface area contributed by atoms with Gasteiger partial charge in [0.15, 0.2) is 0 Å². The molecule has 0 spiro atoms. The Hall–Kier alpha value is -6.18. The van der Waals surface area contributed by atoms with Crippen LogP contribution in [0.25, 0.3) is 55.3 Å². The van der Waals surface area contributed by atoms with Crippen molar-refractivity contribution in [3.8, 4) is 44.5 Å². The zero-order chi connectivity index (χ0) is 42.1. The second-order valence-electron chi connectivity index (χ2n) is 20.3. The molecule has 4 aliphatic carbocycles. The van der Waals surface area contributed by atoms with Gasteiger partial charge in [0.05, 0.1) is 5.69 Å². The maximum absolute atomic E-state index is 2.60. The van der Waals surface area contributed by atoms with E-state index in [-0.39, 0.29) is 16.2 Å². The molecule has 8 aromatic rings. The van der Waals surface area contributed by atoms with E-state index in [4.69, 9.17) is 0 Å². The zero-order valence-electron chi connectivity index (χ0n) is 37.1. The van der Waals surface area contributed by atoms with Gasteiger partial charge in [-0.1, -0.05) is 188 Å². The van der Waals surface area contributed by atoms with E-state index in [1.807, 2.05) is 0 Å². The second kappa shape index (κ2) is 13.4. The van der Waals surface area contributed by atoms with Gasteiger partial charge in [-0.25, -0.2) is 0 Å². The Bertz CT molecular complexity index is 3150. The first-order valence-corrected chi connectivity index (χ1v) is 23.1. The minimum atomic E-state index is -0.139. The van der Waals surface area contributed by atoms with Gasteiger partial charge in [0.2, 0.25) is 0 Å². The van der Waals surface area contributed by atoms with Gasteiger partial charge >= 0.3 is 0 Å². The first kappa shape index (κ1) is 37.6. The van der Waals surface area contributed by atoms with E-state index in [0.29, 0.717) is 5.92 Å². The molecule has 1 heteroatoms. The third-order valence-electron chi connectivity index (χ3n) is 15.9. The van der Waals surface area contributed by atoms with Crippen LogP contribution in [0.5, 0.6) is 0 Å². The average Bonchev–Trinajstić information content (AvgIpc) is 3.78. The summed E-state index contributed by atoms with van der Waals surface area (Å²) in [6.45, 7) is 14.5. The summed E-state index contributed by atoms with van der Waals surface area (Å²) in [7, 11) is 0. The van der Waals surface area contributed by atoms with Gasteiger partial charge < -0.3 is 4.90 Å². The van der Waals surface area contributed by atoms with Crippen LogP contribution in [0.1, 0.15) is 119 Å². The van der Waals surface area contributed by atoms with Crippen LogP contribution in [0.4, 0.5) is 17.1 Å². The van der Waals surface area contributed by atoms with Gasteiger partial charge in [0, 0.05) is 38.6 Å². The normalized spacial score (nSPS) is 17.2. The zero-order valence-corrected chi connectivity index (χ0v) is 37.1. The van der Waals surface area contributed by atoms with Crippen molar-refractivity contribution in [2.24, 2.45) is 0 Å². The van der Waals surface area contributed by atoms with E-state index in [0.717, 1.165) is 0 Å². The fourth-order valence-electron chi connectivity index (χ4n) is 12.4. The molecule has 0 radical (unpaired) electrons. The van der Waals surface area contributed by atoms with Crippen LogP contribution in [0.2, 0.25) is 0 Å². The van der Waals surface area contributed by atoms with E-state index >= 15 is 0 Å². The molecule has 1 saturated carbocycles. The number of rotatable bonds is 5. The van der Waals surface area contributed by atoms with Crippen molar-refractivity contribution in [1.29, 1.82) is 0 Å². The predicted octanol–water partition coefficient (Wildman–Crippen LogP) is 16.9. The molecule has 8 aromatic carbocycles. The minimum Gasteiger partial charge on any atom is -0.309 e. The summed E-state index contributed by atoms with van der Waals surface area (Å²) in [5.41, 5.74) is 23.9. The first-order valence-electron chi connectivity index (χ1n) is 23.1. The lowest BCUT2D eigenvalue weighted by atomic mass is 9.79. The largest absolute Gasteiger partial charge is 0.309 e. The lowest BCUT2D eigenvalue weighted by Crippen LogP contribution is -2.18. The van der Waals surface area contributed by atoms with E-state index in [2.05, 4.69) is 204 Å². The molecule has 1 fully saturated rings. The van der Waals surface area contributed by atoms with Crippen LogP contribution in [0.15, 0.2) is 158 Å². The summed E-state index contributed by atoms with van der Waals surface area (Å²) in [6.07, 6.45) is 6.71. The number of fused-ring (bicyclic) bond motifs is 10. The third-order valence-corrected chi connectivity index (χ3v) is 15.9. The summed E-state index contributed by atoms with van der Waals surface area (Å²) in [5.74, 6) is 0.679. The molecular weight excluding hydrogens is 747 g/mol. The molecule has 4 aliphatic rings. The Balaban J connectivity index is 1.09. The van der Waals surface area contributed by atoms with Crippen molar-refractivity contribution in [1.82, 2.24) is 0 Å². The van der Waals surface area contributed by atoms with Gasteiger partial charge in [0.1, 0.15) is 0 Å². The molecule has 0 amide bonds. The highest BCUT2D eigenvalue weighted by Gasteiger charge is 2.39. The van der Waals surface area contributed by atoms with Gasteiger partial charge in [-0.3, -0.25) is 0 Å². The fourth-order valence-corrected chi connectivity index (χ4v) is 12.4. The van der Waals surface area contributed by atoms with E-state index in [1.165, 1.54) is 143 Å². The summed E-state index contributed by atoms with van der Waals surface area (Å²) < 4.78 is 0. The summed E-state index contributed by atoms with van der Waals surface area (Å²) in [4.78, 5) is 2.60. The van der Waals surface area contributed by atoms with Crippen molar-refractivity contribution < 1.29 is 0 Å². The van der Waals surface area contributed by atoms with Crippen LogP contribution in [0.3, 0.4) is 0 Å². The maximum atomic E-state index is 2.60. The van der Waals surface area contributed by atoms with Gasteiger partial charge in [-0.15, -0.1) is 0 Å². The molecule has 0 aromatic heterocycles. The van der Waals surface area contributed by atoms with Crippen LogP contribution in [0, 0.1) is 0 Å². The molecule has 0 unspecified atom stereocenters. The smallest absolute Gasteiger partial charge is 0.0618 e. The first-order chi connectivity index (χ1) is 30.0. The Kier molecular flexibility index (Phi) is 8.13. The number of hydrogen-bond donors (Lipinski definition) is 0. The summed E-state index contributed by atoms with van der Waals surface area (Å²) >= 11 is 0. The Morgan fingerprint density at radius 2 is 0.903 bits per heavy atom. The standard InChI is InChI=1S/C61H55N/c1-59(2)53-23-15-13-21-47(53)51-36-42(28-33-54(51)59)62(43-27-32-50-49-30-25-40(38-16-8-7-9-17-38)34-55(49)61(5,6)57(50)37-43)58-44-19-11-10-18-39(44)24-29-45(58)41-26-31-48-46-20-12-14-22-52(46)60(3,4)56(48)35-41/h10-15,18-38H,7-9,16-17H2,1-6H3. The monoisotopic (exact) mass is 801 g/mol. The topological polar surface area (TPSA) is 3.24 Å². The number of hydrogen-bond acceptors (Lipinski definition) is 1. The molecule has 0 bridgehead atoms. The minimum absolute atomic E-state index is 0.0749. The predicted molar refractivity (Wildman–Crippen MR) is 263 cm³/mol. The van der Waals surface area contributed by atoms with Crippen LogP contribution < -0.4 is 4.90 Å². The highest BCUT2D eigenvalue weighted by atomic mass is 15.1. The molecule has 0 N–H and O–H groups in total. The maximum Gasteiger partial charge on any atom is 0.0618 e. The van der Waals surface area contributed by atoms with E-state index in [9.17, 15) is 0 Å².